The molecule has 0 unspecified atom stereocenters. The van der Waals surface area contributed by atoms with Crippen LogP contribution in [0.1, 0.15) is 38.3 Å². The van der Waals surface area contributed by atoms with Crippen LogP contribution in [0.15, 0.2) is 102 Å². The maximum Gasteiger partial charge on any atom is 0.417 e. The molecule has 0 atom stereocenters. The third-order valence-corrected chi connectivity index (χ3v) is 5.89. The number of carbonyl (C=O) groups excluding carboxylic acids is 1. The molecule has 0 saturated carbocycles. The zero-order chi connectivity index (χ0) is 29.2. The van der Waals surface area contributed by atoms with Crippen molar-refractivity contribution in [1.29, 1.82) is 0 Å². The molecule has 41 heavy (non-hydrogen) atoms. The quantitative estimate of drug-likeness (QED) is 0.115. The molecule has 0 aliphatic heterocycles. The number of carbonyl (C=O) groups is 2. The first-order valence-corrected chi connectivity index (χ1v) is 12.5. The number of amides is 1. The van der Waals surface area contributed by atoms with Gasteiger partial charge in [0, 0.05) is 12.5 Å². The normalized spacial score (nSPS) is 11.3. The van der Waals surface area contributed by atoms with Gasteiger partial charge in [0.1, 0.15) is 12.4 Å². The van der Waals surface area contributed by atoms with Gasteiger partial charge < -0.3 is 20.0 Å². The molecule has 0 bridgehead atoms. The zero-order valence-corrected chi connectivity index (χ0v) is 21.6. The fraction of sp³-hybridized carbons (Fsp3) is 0.129. The van der Waals surface area contributed by atoms with Crippen molar-refractivity contribution in [3.63, 3.8) is 0 Å². The molecule has 0 radical (unpaired) electrons. The Bertz CT molecular complexity index is 1520. The molecule has 10 heteroatoms. The van der Waals surface area contributed by atoms with Gasteiger partial charge in [0.15, 0.2) is 0 Å². The number of hydrogen-bond acceptors (Lipinski definition) is 5. The van der Waals surface area contributed by atoms with E-state index in [-0.39, 0.29) is 30.2 Å². The number of carboxylic acid groups (broad SMARTS) is 1. The van der Waals surface area contributed by atoms with Gasteiger partial charge in [-0.3, -0.25) is 4.79 Å². The van der Waals surface area contributed by atoms with Crippen molar-refractivity contribution in [1.82, 2.24) is 0 Å². The second-order valence-corrected chi connectivity index (χ2v) is 8.77. The van der Waals surface area contributed by atoms with Gasteiger partial charge in [0.2, 0.25) is 0 Å². The minimum Gasteiger partial charge on any atom is -0.493 e. The summed E-state index contributed by atoms with van der Waals surface area (Å²) in [5.41, 5.74) is 0.811. The third kappa shape index (κ3) is 7.95. The van der Waals surface area contributed by atoms with Crippen LogP contribution in [0.5, 0.6) is 5.75 Å². The van der Waals surface area contributed by atoms with E-state index in [1.165, 1.54) is 24.3 Å². The fourth-order valence-electron chi connectivity index (χ4n) is 3.88. The van der Waals surface area contributed by atoms with E-state index in [4.69, 9.17) is 9.57 Å². The summed E-state index contributed by atoms with van der Waals surface area (Å²) in [4.78, 5) is 29.5. The summed E-state index contributed by atoms with van der Waals surface area (Å²) in [6, 6.07) is 25.9. The summed E-state index contributed by atoms with van der Waals surface area (Å²) >= 11 is 0. The number of ether oxygens (including phenoxy) is 1. The van der Waals surface area contributed by atoms with Gasteiger partial charge in [-0.15, -0.1) is 0 Å². The fourth-order valence-corrected chi connectivity index (χ4v) is 3.88. The minimum atomic E-state index is -4.76. The van der Waals surface area contributed by atoms with Crippen molar-refractivity contribution in [3.05, 3.63) is 119 Å². The maximum atomic E-state index is 13.3. The molecular weight excluding hydrogens is 537 g/mol. The predicted octanol–water partition coefficient (Wildman–Crippen LogP) is 7.14. The molecule has 4 aromatic rings. The van der Waals surface area contributed by atoms with Crippen molar-refractivity contribution in [3.8, 4) is 16.9 Å². The van der Waals surface area contributed by atoms with Crippen molar-refractivity contribution < 1.29 is 37.4 Å². The lowest BCUT2D eigenvalue weighted by Crippen LogP contribution is -2.20. The zero-order valence-electron chi connectivity index (χ0n) is 21.6. The Balaban J connectivity index is 1.29. The van der Waals surface area contributed by atoms with Crippen LogP contribution in [0.3, 0.4) is 0 Å². The maximum absolute atomic E-state index is 13.3. The van der Waals surface area contributed by atoms with Gasteiger partial charge in [-0.1, -0.05) is 71.9 Å². The van der Waals surface area contributed by atoms with Crippen LogP contribution in [-0.4, -0.2) is 36.4 Å². The molecular formula is C31H25F3N2O5. The summed E-state index contributed by atoms with van der Waals surface area (Å²) < 4.78 is 45.6. The van der Waals surface area contributed by atoms with Crippen LogP contribution in [0.2, 0.25) is 0 Å². The highest BCUT2D eigenvalue weighted by Gasteiger charge is 2.35. The van der Waals surface area contributed by atoms with Crippen molar-refractivity contribution >= 4 is 23.8 Å². The number of aromatic carboxylic acids is 1. The Labute approximate surface area is 233 Å². The first-order chi connectivity index (χ1) is 19.7. The van der Waals surface area contributed by atoms with Gasteiger partial charge in [-0.2, -0.15) is 13.2 Å². The Hall–Kier alpha value is -5.12. The molecule has 0 fully saturated rings. The van der Waals surface area contributed by atoms with Gasteiger partial charge in [0.25, 0.3) is 5.91 Å². The largest absolute Gasteiger partial charge is 0.493 e. The third-order valence-electron chi connectivity index (χ3n) is 5.89. The van der Waals surface area contributed by atoms with Crippen molar-refractivity contribution in [2.24, 2.45) is 5.16 Å². The standard InChI is InChI=1S/C31H25F3N2O5/c32-31(33,34)27-10-5-4-9-25(27)29(37)36-28-19-24(15-16-26(28)30(38)39)40-17-6-18-41-35-20-21-11-13-23(14-12-21)22-7-2-1-3-8-22/h1-5,7-16,19-20H,6,17-18H2,(H,36,37)(H,38,39)/b35-20+. The molecule has 0 spiro atoms. The number of halogens is 3. The van der Waals surface area contributed by atoms with E-state index in [1.807, 2.05) is 54.6 Å². The summed E-state index contributed by atoms with van der Waals surface area (Å²) in [6.07, 6.45) is -2.73. The van der Waals surface area contributed by atoms with E-state index in [0.717, 1.165) is 34.9 Å². The summed E-state index contributed by atoms with van der Waals surface area (Å²) in [5.74, 6) is -2.24. The number of benzene rings is 4. The van der Waals surface area contributed by atoms with Crippen LogP contribution in [0.4, 0.5) is 18.9 Å². The average Bonchev–Trinajstić information content (AvgIpc) is 2.97. The monoisotopic (exact) mass is 562 g/mol. The van der Waals surface area contributed by atoms with E-state index < -0.39 is 29.2 Å². The van der Waals surface area contributed by atoms with Crippen molar-refractivity contribution in [2.75, 3.05) is 18.5 Å². The Kier molecular flexibility index (Phi) is 9.36. The van der Waals surface area contributed by atoms with E-state index in [9.17, 15) is 27.9 Å². The summed E-state index contributed by atoms with van der Waals surface area (Å²) in [5, 5.41) is 15.7. The molecule has 7 nitrogen and oxygen atoms in total. The molecule has 4 rings (SSSR count). The van der Waals surface area contributed by atoms with Gasteiger partial charge in [-0.25, -0.2) is 4.79 Å². The predicted molar refractivity (Wildman–Crippen MR) is 148 cm³/mol. The number of nitrogens with one attached hydrogen (secondary N) is 1. The lowest BCUT2D eigenvalue weighted by Gasteiger charge is -2.15. The Morgan fingerprint density at radius 3 is 2.22 bits per heavy atom. The lowest BCUT2D eigenvalue weighted by molar-refractivity contribution is -0.137. The number of alkyl halides is 3. The molecule has 0 aliphatic rings. The van der Waals surface area contributed by atoms with Crippen LogP contribution < -0.4 is 10.1 Å². The van der Waals surface area contributed by atoms with E-state index in [2.05, 4.69) is 10.5 Å². The van der Waals surface area contributed by atoms with Gasteiger partial charge in [-0.05, 0) is 41.0 Å². The van der Waals surface area contributed by atoms with Crippen molar-refractivity contribution in [2.45, 2.75) is 12.6 Å². The smallest absolute Gasteiger partial charge is 0.417 e. The van der Waals surface area contributed by atoms with Crippen LogP contribution in [0, 0.1) is 0 Å². The number of anilines is 1. The van der Waals surface area contributed by atoms with E-state index in [0.29, 0.717) is 6.42 Å². The first kappa shape index (κ1) is 28.9. The number of hydrogen-bond donors (Lipinski definition) is 2. The highest BCUT2D eigenvalue weighted by molar-refractivity contribution is 6.08. The molecule has 0 aliphatic carbocycles. The highest BCUT2D eigenvalue weighted by atomic mass is 19.4. The molecule has 4 aromatic carbocycles. The van der Waals surface area contributed by atoms with Gasteiger partial charge in [0.05, 0.1) is 35.2 Å². The molecule has 0 saturated heterocycles. The second-order valence-electron chi connectivity index (χ2n) is 8.77. The second kappa shape index (κ2) is 13.3. The SMILES string of the molecule is O=C(O)c1ccc(OCCCO/N=C/c2ccc(-c3ccccc3)cc2)cc1NC(=O)c1ccccc1C(F)(F)F. The number of rotatable bonds is 11. The molecule has 2 N–H and O–H groups in total. The van der Waals surface area contributed by atoms with Crippen LogP contribution in [-0.2, 0) is 11.0 Å². The van der Waals surface area contributed by atoms with E-state index in [1.54, 1.807) is 6.21 Å². The highest BCUT2D eigenvalue weighted by Crippen LogP contribution is 2.32. The molecule has 0 heterocycles. The Morgan fingerprint density at radius 2 is 1.51 bits per heavy atom. The number of oxime groups is 1. The summed E-state index contributed by atoms with van der Waals surface area (Å²) in [6.45, 7) is 0.418. The lowest BCUT2D eigenvalue weighted by atomic mass is 10.0. The number of carboxylic acids is 1. The topological polar surface area (TPSA) is 97.2 Å². The average molecular weight is 563 g/mol. The van der Waals surface area contributed by atoms with Crippen LogP contribution in [0.25, 0.3) is 11.1 Å². The molecule has 1 amide bonds. The Morgan fingerprint density at radius 1 is 0.829 bits per heavy atom. The van der Waals surface area contributed by atoms with E-state index >= 15 is 0 Å². The molecule has 210 valence electrons. The first-order valence-electron chi connectivity index (χ1n) is 12.5. The van der Waals surface area contributed by atoms with Crippen LogP contribution >= 0.6 is 0 Å². The molecule has 0 aromatic heterocycles. The minimum absolute atomic E-state index is 0.179. The summed E-state index contributed by atoms with van der Waals surface area (Å²) in [7, 11) is 0. The van der Waals surface area contributed by atoms with Gasteiger partial charge >= 0.3 is 12.1 Å². The number of nitrogens with zero attached hydrogens (tertiary/aromatic N) is 1.